The first-order valence-corrected chi connectivity index (χ1v) is 11.6. The Kier molecular flexibility index (Phi) is 9.78. The van der Waals surface area contributed by atoms with Gasteiger partial charge < -0.3 is 23.8 Å². The van der Waals surface area contributed by atoms with E-state index in [9.17, 15) is 4.79 Å². The van der Waals surface area contributed by atoms with Gasteiger partial charge in [0.1, 0.15) is 12.4 Å². The van der Waals surface area contributed by atoms with Crippen molar-refractivity contribution in [1.82, 2.24) is 0 Å². The third-order valence-corrected chi connectivity index (χ3v) is 5.61. The molecule has 0 aromatic heterocycles. The lowest BCUT2D eigenvalue weighted by Gasteiger charge is -2.25. The van der Waals surface area contributed by atoms with Crippen molar-refractivity contribution in [2.45, 2.75) is 26.2 Å². The van der Waals surface area contributed by atoms with Crippen LogP contribution in [0.15, 0.2) is 48.0 Å². The molecule has 2 aromatic rings. The maximum absolute atomic E-state index is 12.3. The molecule has 0 aliphatic carbocycles. The first-order valence-electron chi connectivity index (χ1n) is 11.6. The Morgan fingerprint density at radius 2 is 1.76 bits per heavy atom. The van der Waals surface area contributed by atoms with E-state index in [4.69, 9.17) is 18.9 Å². The van der Waals surface area contributed by atoms with Crippen molar-refractivity contribution in [2.75, 3.05) is 58.6 Å². The minimum atomic E-state index is -0.269. The van der Waals surface area contributed by atoms with Crippen molar-refractivity contribution in [2.24, 2.45) is 0 Å². The number of carbonyl (C=O) groups is 1. The number of esters is 1. The van der Waals surface area contributed by atoms with Crippen LogP contribution in [0.5, 0.6) is 5.75 Å². The van der Waals surface area contributed by atoms with Crippen molar-refractivity contribution in [1.29, 1.82) is 0 Å². The number of fused-ring (bicyclic) bond motifs is 1. The summed E-state index contributed by atoms with van der Waals surface area (Å²) in [5, 5.41) is 0. The lowest BCUT2D eigenvalue weighted by Crippen LogP contribution is -2.27. The van der Waals surface area contributed by atoms with E-state index in [-0.39, 0.29) is 5.97 Å². The van der Waals surface area contributed by atoms with Gasteiger partial charge in [-0.05, 0) is 66.3 Å². The summed E-state index contributed by atoms with van der Waals surface area (Å²) < 4.78 is 21.5. The van der Waals surface area contributed by atoms with Gasteiger partial charge in [-0.25, -0.2) is 4.79 Å². The molecule has 3 rings (SSSR count). The normalized spacial score (nSPS) is 13.2. The quantitative estimate of drug-likeness (QED) is 0.334. The van der Waals surface area contributed by atoms with Gasteiger partial charge in [-0.3, -0.25) is 0 Å². The lowest BCUT2D eigenvalue weighted by molar-refractivity contribution is -0.136. The highest BCUT2D eigenvalue weighted by Crippen LogP contribution is 2.33. The van der Waals surface area contributed by atoms with E-state index in [1.165, 1.54) is 7.11 Å². The van der Waals surface area contributed by atoms with Crippen molar-refractivity contribution in [3.63, 3.8) is 0 Å². The van der Waals surface area contributed by atoms with Gasteiger partial charge in [0, 0.05) is 44.7 Å². The summed E-state index contributed by atoms with van der Waals surface area (Å²) in [6.07, 6.45) is 4.55. The second kappa shape index (κ2) is 13.0. The summed E-state index contributed by atoms with van der Waals surface area (Å²) in [5.74, 6) is 0.556. The Hall–Kier alpha value is -2.83. The second-order valence-corrected chi connectivity index (χ2v) is 8.00. The predicted octanol–water partition coefficient (Wildman–Crippen LogP) is 4.96. The van der Waals surface area contributed by atoms with E-state index >= 15 is 0 Å². The van der Waals surface area contributed by atoms with Crippen molar-refractivity contribution >= 4 is 17.7 Å². The molecule has 6 heteroatoms. The van der Waals surface area contributed by atoms with E-state index in [2.05, 4.69) is 42.2 Å². The first-order chi connectivity index (χ1) is 16.2. The molecule has 6 nitrogen and oxygen atoms in total. The molecule has 0 bridgehead atoms. The highest BCUT2D eigenvalue weighted by atomic mass is 16.5. The van der Waals surface area contributed by atoms with E-state index < -0.39 is 0 Å². The van der Waals surface area contributed by atoms with Crippen LogP contribution in [0.2, 0.25) is 0 Å². The number of hydrogen-bond donors (Lipinski definition) is 0. The molecule has 0 spiro atoms. The molecule has 0 radical (unpaired) electrons. The van der Waals surface area contributed by atoms with Crippen LogP contribution in [0.25, 0.3) is 17.2 Å². The number of nitrogens with zero attached hydrogens (tertiary/aromatic N) is 1. The Labute approximate surface area is 197 Å². The Morgan fingerprint density at radius 3 is 2.48 bits per heavy atom. The van der Waals surface area contributed by atoms with Crippen molar-refractivity contribution in [3.8, 4) is 16.9 Å². The molecular weight excluding hydrogens is 418 g/mol. The molecule has 1 aliphatic heterocycles. The number of anilines is 1. The zero-order valence-corrected chi connectivity index (χ0v) is 20.0. The molecule has 0 fully saturated rings. The van der Waals surface area contributed by atoms with Crippen molar-refractivity contribution in [3.05, 3.63) is 53.6 Å². The van der Waals surface area contributed by atoms with E-state index in [0.717, 1.165) is 60.7 Å². The Morgan fingerprint density at radius 1 is 0.970 bits per heavy atom. The van der Waals surface area contributed by atoms with Crippen LogP contribution in [-0.4, -0.2) is 59.7 Å². The third-order valence-electron chi connectivity index (χ3n) is 5.61. The summed E-state index contributed by atoms with van der Waals surface area (Å²) in [6, 6.07) is 14.5. The second-order valence-electron chi connectivity index (χ2n) is 8.00. The Bertz CT molecular complexity index is 923. The highest BCUT2D eigenvalue weighted by Gasteiger charge is 2.20. The van der Waals surface area contributed by atoms with Gasteiger partial charge in [0.05, 0.1) is 13.7 Å². The number of benzene rings is 2. The van der Waals surface area contributed by atoms with Gasteiger partial charge in [-0.1, -0.05) is 25.1 Å². The summed E-state index contributed by atoms with van der Waals surface area (Å²) in [5.41, 5.74) is 5.03. The molecule has 0 unspecified atom stereocenters. The first kappa shape index (κ1) is 24.8. The number of rotatable bonds is 12. The number of hydrogen-bond acceptors (Lipinski definition) is 6. The molecule has 0 saturated carbocycles. The number of methoxy groups -OCH3 is 2. The standard InChI is InChI=1S/C27H35NO5/c1-4-15-32-17-18-33-25-9-6-21(7-10-25)22-8-11-26-24(19-22)20-23(27(29)31-3)12-14-28(26)13-5-16-30-2/h6-11,19-20H,4-5,12-18H2,1-3H3. The topological polar surface area (TPSA) is 57.2 Å². The molecule has 0 saturated heterocycles. The largest absolute Gasteiger partial charge is 0.491 e. The Balaban J connectivity index is 1.79. The molecule has 0 atom stereocenters. The summed E-state index contributed by atoms with van der Waals surface area (Å²) in [7, 11) is 3.15. The summed E-state index contributed by atoms with van der Waals surface area (Å²) in [4.78, 5) is 14.6. The maximum atomic E-state index is 12.3. The lowest BCUT2D eigenvalue weighted by atomic mass is 10.00. The van der Waals surface area contributed by atoms with Gasteiger partial charge in [0.25, 0.3) is 0 Å². The number of ether oxygens (including phenoxy) is 4. The average Bonchev–Trinajstić information content (AvgIpc) is 3.03. The van der Waals surface area contributed by atoms with Gasteiger partial charge in [0.15, 0.2) is 0 Å². The molecular formula is C27H35NO5. The fourth-order valence-corrected chi connectivity index (χ4v) is 3.91. The minimum absolute atomic E-state index is 0.269. The summed E-state index contributed by atoms with van der Waals surface area (Å²) in [6.45, 7) is 6.33. The monoisotopic (exact) mass is 453 g/mol. The SMILES string of the molecule is CCCOCCOc1ccc(-c2ccc3c(c2)C=C(C(=O)OC)CCN3CCCOC)cc1. The third kappa shape index (κ3) is 7.07. The molecule has 0 amide bonds. The van der Waals surface area contributed by atoms with Crippen molar-refractivity contribution < 1.29 is 23.7 Å². The molecule has 33 heavy (non-hydrogen) atoms. The zero-order chi connectivity index (χ0) is 23.5. The van der Waals surface area contributed by atoms with Gasteiger partial charge >= 0.3 is 5.97 Å². The van der Waals surface area contributed by atoms with Crippen LogP contribution in [0.4, 0.5) is 5.69 Å². The zero-order valence-electron chi connectivity index (χ0n) is 20.0. The van der Waals surface area contributed by atoms with Gasteiger partial charge in [-0.2, -0.15) is 0 Å². The average molecular weight is 454 g/mol. The minimum Gasteiger partial charge on any atom is -0.491 e. The van der Waals surface area contributed by atoms with E-state index in [1.807, 2.05) is 18.2 Å². The van der Waals surface area contributed by atoms with Gasteiger partial charge in [0.2, 0.25) is 0 Å². The van der Waals surface area contributed by atoms with Crippen LogP contribution in [0.3, 0.4) is 0 Å². The highest BCUT2D eigenvalue weighted by molar-refractivity contribution is 5.96. The molecule has 2 aromatic carbocycles. The van der Waals surface area contributed by atoms with Crippen LogP contribution in [0.1, 0.15) is 31.7 Å². The molecule has 0 N–H and O–H groups in total. The van der Waals surface area contributed by atoms with Gasteiger partial charge in [-0.15, -0.1) is 0 Å². The van der Waals surface area contributed by atoms with Crippen LogP contribution in [-0.2, 0) is 19.0 Å². The molecule has 178 valence electrons. The van der Waals surface area contributed by atoms with E-state index in [1.54, 1.807) is 7.11 Å². The fraction of sp³-hybridized carbons (Fsp3) is 0.444. The van der Waals surface area contributed by atoms with Crippen LogP contribution in [0, 0.1) is 0 Å². The molecule has 1 heterocycles. The number of carbonyl (C=O) groups excluding carboxylic acids is 1. The molecule has 1 aliphatic rings. The van der Waals surface area contributed by atoms with Crippen LogP contribution >= 0.6 is 0 Å². The fourth-order valence-electron chi connectivity index (χ4n) is 3.91. The smallest absolute Gasteiger partial charge is 0.333 e. The maximum Gasteiger partial charge on any atom is 0.333 e. The van der Waals surface area contributed by atoms with Crippen LogP contribution < -0.4 is 9.64 Å². The van der Waals surface area contributed by atoms with E-state index in [0.29, 0.717) is 31.8 Å². The predicted molar refractivity (Wildman–Crippen MR) is 132 cm³/mol. The summed E-state index contributed by atoms with van der Waals surface area (Å²) >= 11 is 0.